The van der Waals surface area contributed by atoms with Crippen LogP contribution in [0, 0.1) is 13.8 Å². The maximum Gasteiger partial charge on any atom is 0.262 e. The average molecular weight is 431 g/mol. The van der Waals surface area contributed by atoms with E-state index in [0.717, 1.165) is 11.1 Å². The Kier molecular flexibility index (Phi) is 6.98. The molecule has 0 aromatic heterocycles. The van der Waals surface area contributed by atoms with Crippen molar-refractivity contribution in [1.82, 2.24) is 0 Å². The number of anilines is 2. The van der Waals surface area contributed by atoms with Gasteiger partial charge in [-0.1, -0.05) is 56.7 Å². The Hall–Kier alpha value is -3.60. The van der Waals surface area contributed by atoms with Crippen molar-refractivity contribution in [2.75, 3.05) is 17.2 Å². The number of benzene rings is 3. The Morgan fingerprint density at radius 3 is 2.12 bits per heavy atom. The zero-order valence-corrected chi connectivity index (χ0v) is 19.3. The van der Waals surface area contributed by atoms with Gasteiger partial charge in [0.25, 0.3) is 11.8 Å². The molecule has 0 heterocycles. The lowest BCUT2D eigenvalue weighted by molar-refractivity contribution is -0.118. The van der Waals surface area contributed by atoms with E-state index in [1.165, 1.54) is 5.56 Å². The number of ether oxygens (including phenoxy) is 1. The van der Waals surface area contributed by atoms with Gasteiger partial charge >= 0.3 is 0 Å². The number of amides is 2. The molecule has 2 amide bonds. The van der Waals surface area contributed by atoms with Crippen LogP contribution < -0.4 is 15.4 Å². The lowest BCUT2D eigenvalue weighted by atomic mass is 9.87. The predicted octanol–water partition coefficient (Wildman–Crippen LogP) is 5.87. The molecule has 0 atom stereocenters. The summed E-state index contributed by atoms with van der Waals surface area (Å²) in [5.41, 5.74) is 5.09. The molecule has 0 saturated heterocycles. The largest absolute Gasteiger partial charge is 0.483 e. The van der Waals surface area contributed by atoms with Crippen molar-refractivity contribution in [2.24, 2.45) is 0 Å². The SMILES string of the molecule is Cc1ccc(OCC(=O)Nc2cccc(NC(=O)c3ccc(C(C)(C)C)cc3)c2)c(C)c1. The molecule has 0 fully saturated rings. The second-order valence-corrected chi connectivity index (χ2v) is 8.97. The third kappa shape index (κ3) is 6.20. The van der Waals surface area contributed by atoms with Crippen molar-refractivity contribution in [3.05, 3.63) is 89.0 Å². The van der Waals surface area contributed by atoms with Crippen molar-refractivity contribution in [3.8, 4) is 5.75 Å². The van der Waals surface area contributed by atoms with Gasteiger partial charge in [0.2, 0.25) is 0 Å². The molecule has 0 spiro atoms. The molecule has 0 aliphatic heterocycles. The van der Waals surface area contributed by atoms with Gasteiger partial charge in [0, 0.05) is 16.9 Å². The number of aryl methyl sites for hydroxylation is 2. The Morgan fingerprint density at radius 1 is 0.844 bits per heavy atom. The van der Waals surface area contributed by atoms with Crippen LogP contribution in [0.4, 0.5) is 11.4 Å². The smallest absolute Gasteiger partial charge is 0.262 e. The highest BCUT2D eigenvalue weighted by molar-refractivity contribution is 6.04. The first-order valence-electron chi connectivity index (χ1n) is 10.6. The first kappa shape index (κ1) is 23.1. The van der Waals surface area contributed by atoms with Crippen molar-refractivity contribution in [3.63, 3.8) is 0 Å². The molecule has 0 unspecified atom stereocenters. The maximum absolute atomic E-state index is 12.6. The zero-order valence-electron chi connectivity index (χ0n) is 19.3. The molecule has 0 bridgehead atoms. The number of nitrogens with one attached hydrogen (secondary N) is 2. The number of hydrogen-bond donors (Lipinski definition) is 2. The van der Waals surface area contributed by atoms with Crippen LogP contribution in [-0.4, -0.2) is 18.4 Å². The fraction of sp³-hybridized carbons (Fsp3) is 0.259. The van der Waals surface area contributed by atoms with E-state index in [1.807, 2.05) is 56.3 Å². The molecule has 0 aliphatic rings. The molecule has 32 heavy (non-hydrogen) atoms. The van der Waals surface area contributed by atoms with Gasteiger partial charge in [0.05, 0.1) is 0 Å². The Balaban J connectivity index is 1.58. The molecule has 0 aliphatic carbocycles. The van der Waals surface area contributed by atoms with Crippen molar-refractivity contribution in [2.45, 2.75) is 40.0 Å². The van der Waals surface area contributed by atoms with E-state index in [1.54, 1.807) is 24.3 Å². The number of carbonyl (C=O) groups excluding carboxylic acids is 2. The average Bonchev–Trinajstić information content (AvgIpc) is 2.73. The number of carbonyl (C=O) groups is 2. The Bertz CT molecular complexity index is 1110. The summed E-state index contributed by atoms with van der Waals surface area (Å²) < 4.78 is 5.63. The summed E-state index contributed by atoms with van der Waals surface area (Å²) in [6.07, 6.45) is 0. The van der Waals surface area contributed by atoms with E-state index in [2.05, 4.69) is 31.4 Å². The number of hydrogen-bond acceptors (Lipinski definition) is 3. The monoisotopic (exact) mass is 430 g/mol. The normalized spacial score (nSPS) is 11.0. The van der Waals surface area contributed by atoms with E-state index in [4.69, 9.17) is 4.74 Å². The molecule has 0 saturated carbocycles. The first-order valence-corrected chi connectivity index (χ1v) is 10.6. The van der Waals surface area contributed by atoms with Crippen molar-refractivity contribution in [1.29, 1.82) is 0 Å². The van der Waals surface area contributed by atoms with Crippen LogP contribution in [0.1, 0.15) is 47.8 Å². The highest BCUT2D eigenvalue weighted by Crippen LogP contribution is 2.23. The topological polar surface area (TPSA) is 67.4 Å². The summed E-state index contributed by atoms with van der Waals surface area (Å²) in [4.78, 5) is 24.9. The van der Waals surface area contributed by atoms with Gasteiger partial charge < -0.3 is 15.4 Å². The second kappa shape index (κ2) is 9.69. The van der Waals surface area contributed by atoms with Gasteiger partial charge in [-0.2, -0.15) is 0 Å². The van der Waals surface area contributed by atoms with Crippen LogP contribution in [0.2, 0.25) is 0 Å². The van der Waals surface area contributed by atoms with Crippen LogP contribution in [0.3, 0.4) is 0 Å². The molecule has 3 aromatic rings. The van der Waals surface area contributed by atoms with E-state index >= 15 is 0 Å². The van der Waals surface area contributed by atoms with Crippen molar-refractivity contribution < 1.29 is 14.3 Å². The van der Waals surface area contributed by atoms with Crippen LogP contribution in [-0.2, 0) is 10.2 Å². The van der Waals surface area contributed by atoms with Gasteiger partial charge in [0.1, 0.15) is 5.75 Å². The van der Waals surface area contributed by atoms with Gasteiger partial charge in [-0.25, -0.2) is 0 Å². The summed E-state index contributed by atoms with van der Waals surface area (Å²) >= 11 is 0. The minimum absolute atomic E-state index is 0.0312. The highest BCUT2D eigenvalue weighted by Gasteiger charge is 2.14. The third-order valence-electron chi connectivity index (χ3n) is 5.11. The summed E-state index contributed by atoms with van der Waals surface area (Å²) in [7, 11) is 0. The van der Waals surface area contributed by atoms with Gasteiger partial charge in [-0.05, 0) is 66.8 Å². The molecule has 5 nitrogen and oxygen atoms in total. The molecular formula is C27H30N2O3. The van der Waals surface area contributed by atoms with Gasteiger partial charge in [-0.15, -0.1) is 0 Å². The van der Waals surface area contributed by atoms with Crippen LogP contribution in [0.15, 0.2) is 66.7 Å². The lowest BCUT2D eigenvalue weighted by Crippen LogP contribution is -2.20. The fourth-order valence-electron chi connectivity index (χ4n) is 3.30. The Morgan fingerprint density at radius 2 is 1.50 bits per heavy atom. The lowest BCUT2D eigenvalue weighted by Gasteiger charge is -2.19. The standard InChI is InChI=1S/C27H30N2O3/c1-18-9-14-24(19(2)15-18)32-17-25(30)28-22-7-6-8-23(16-22)29-26(31)20-10-12-21(13-11-20)27(3,4)5/h6-16H,17H2,1-5H3,(H,28,30)(H,29,31). The zero-order chi connectivity index (χ0) is 23.3. The molecule has 5 heteroatoms. The molecule has 0 radical (unpaired) electrons. The summed E-state index contributed by atoms with van der Waals surface area (Å²) in [5, 5.41) is 5.68. The van der Waals surface area contributed by atoms with E-state index < -0.39 is 0 Å². The Labute approximate surface area is 189 Å². The third-order valence-corrected chi connectivity index (χ3v) is 5.11. The molecule has 3 aromatic carbocycles. The van der Waals surface area contributed by atoms with Crippen molar-refractivity contribution >= 4 is 23.2 Å². The molecular weight excluding hydrogens is 400 g/mol. The highest BCUT2D eigenvalue weighted by atomic mass is 16.5. The summed E-state index contributed by atoms with van der Waals surface area (Å²) in [6, 6.07) is 20.5. The molecule has 166 valence electrons. The van der Waals surface area contributed by atoms with E-state index in [9.17, 15) is 9.59 Å². The van der Waals surface area contributed by atoms with Crippen LogP contribution in [0.25, 0.3) is 0 Å². The fourth-order valence-corrected chi connectivity index (χ4v) is 3.30. The van der Waals surface area contributed by atoms with Crippen LogP contribution >= 0.6 is 0 Å². The maximum atomic E-state index is 12.6. The quantitative estimate of drug-likeness (QED) is 0.514. The van der Waals surface area contributed by atoms with E-state index in [0.29, 0.717) is 22.7 Å². The summed E-state index contributed by atoms with van der Waals surface area (Å²) in [5.74, 6) is 0.211. The van der Waals surface area contributed by atoms with E-state index in [-0.39, 0.29) is 23.8 Å². The minimum Gasteiger partial charge on any atom is -0.483 e. The van der Waals surface area contributed by atoms with Gasteiger partial charge in [-0.3, -0.25) is 9.59 Å². The molecule has 2 N–H and O–H groups in total. The number of rotatable bonds is 6. The predicted molar refractivity (Wildman–Crippen MR) is 130 cm³/mol. The first-order chi connectivity index (χ1) is 15.1. The second-order valence-electron chi connectivity index (χ2n) is 8.97. The van der Waals surface area contributed by atoms with Crippen LogP contribution in [0.5, 0.6) is 5.75 Å². The summed E-state index contributed by atoms with van der Waals surface area (Å²) in [6.45, 7) is 10.3. The van der Waals surface area contributed by atoms with Gasteiger partial charge in [0.15, 0.2) is 6.61 Å². The minimum atomic E-state index is -0.272. The molecule has 3 rings (SSSR count).